The van der Waals surface area contributed by atoms with Crippen molar-refractivity contribution in [2.45, 2.75) is 45.7 Å². The fourth-order valence-electron chi connectivity index (χ4n) is 3.08. The number of nitrogens with zero attached hydrogens (tertiary/aromatic N) is 2. The molecular formula is C18H25N3O2. The van der Waals surface area contributed by atoms with E-state index in [1.165, 1.54) is 34.4 Å². The Bertz CT molecular complexity index is 594. The molecular weight excluding hydrogens is 290 g/mol. The van der Waals surface area contributed by atoms with Crippen LogP contribution in [-0.2, 0) is 11.3 Å². The van der Waals surface area contributed by atoms with E-state index < -0.39 is 0 Å². The van der Waals surface area contributed by atoms with Crippen molar-refractivity contribution in [3.8, 4) is 0 Å². The quantitative estimate of drug-likeness (QED) is 0.785. The Morgan fingerprint density at radius 1 is 1.22 bits per heavy atom. The molecule has 1 aromatic rings. The minimum Gasteiger partial charge on any atom is -0.329 e. The first kappa shape index (κ1) is 16.0. The summed E-state index contributed by atoms with van der Waals surface area (Å²) >= 11 is 0. The first-order chi connectivity index (χ1) is 11.0. The van der Waals surface area contributed by atoms with Gasteiger partial charge in [-0.3, -0.25) is 14.6 Å². The van der Waals surface area contributed by atoms with Gasteiger partial charge in [0.15, 0.2) is 0 Å². The Hall–Kier alpha value is -1.88. The van der Waals surface area contributed by atoms with E-state index in [1.54, 1.807) is 0 Å². The molecule has 3 amide bonds. The number of imide groups is 1. The van der Waals surface area contributed by atoms with Gasteiger partial charge >= 0.3 is 6.03 Å². The first-order valence-electron chi connectivity index (χ1n) is 8.43. The average molecular weight is 315 g/mol. The van der Waals surface area contributed by atoms with Crippen LogP contribution in [0.25, 0.3) is 0 Å². The van der Waals surface area contributed by atoms with Crippen molar-refractivity contribution in [3.63, 3.8) is 0 Å². The highest BCUT2D eigenvalue weighted by atomic mass is 16.2. The highest BCUT2D eigenvalue weighted by Crippen LogP contribution is 2.28. The summed E-state index contributed by atoms with van der Waals surface area (Å²) in [5.74, 6) is -0.109. The van der Waals surface area contributed by atoms with Crippen LogP contribution in [0.1, 0.15) is 36.0 Å². The SMILES string of the molecule is Cc1ccc(CN(CCCN2C(=O)CNC2=O)C2CC2)cc1C. The first-order valence-corrected chi connectivity index (χ1v) is 8.43. The third-order valence-electron chi connectivity index (χ3n) is 4.78. The molecule has 0 aromatic heterocycles. The maximum absolute atomic E-state index is 11.6. The summed E-state index contributed by atoms with van der Waals surface area (Å²) in [6, 6.07) is 7.07. The van der Waals surface area contributed by atoms with Crippen LogP contribution in [0.3, 0.4) is 0 Å². The van der Waals surface area contributed by atoms with Gasteiger partial charge in [-0.15, -0.1) is 0 Å². The van der Waals surface area contributed by atoms with Crippen LogP contribution in [0.15, 0.2) is 18.2 Å². The fraction of sp³-hybridized carbons (Fsp3) is 0.556. The van der Waals surface area contributed by atoms with Crippen molar-refractivity contribution in [1.29, 1.82) is 0 Å². The minimum atomic E-state index is -0.248. The number of carbonyl (C=O) groups excluding carboxylic acids is 2. The molecule has 1 aromatic carbocycles. The summed E-state index contributed by atoms with van der Waals surface area (Å²) < 4.78 is 0. The Balaban J connectivity index is 1.54. The van der Waals surface area contributed by atoms with Crippen LogP contribution in [0.2, 0.25) is 0 Å². The molecule has 5 nitrogen and oxygen atoms in total. The third kappa shape index (κ3) is 3.91. The van der Waals surface area contributed by atoms with E-state index in [9.17, 15) is 9.59 Å². The average Bonchev–Trinajstić information content (AvgIpc) is 3.31. The van der Waals surface area contributed by atoms with Crippen molar-refractivity contribution < 1.29 is 9.59 Å². The highest BCUT2D eigenvalue weighted by molar-refractivity contribution is 6.01. The second kappa shape index (κ2) is 6.71. The molecule has 2 fully saturated rings. The summed E-state index contributed by atoms with van der Waals surface area (Å²) in [5, 5.41) is 2.57. The fourth-order valence-corrected chi connectivity index (χ4v) is 3.08. The van der Waals surface area contributed by atoms with Gasteiger partial charge in [-0.25, -0.2) is 4.79 Å². The van der Waals surface area contributed by atoms with Crippen molar-refractivity contribution in [2.75, 3.05) is 19.6 Å². The predicted molar refractivity (Wildman–Crippen MR) is 89.1 cm³/mol. The van der Waals surface area contributed by atoms with Crippen LogP contribution in [0.5, 0.6) is 0 Å². The second-order valence-corrected chi connectivity index (χ2v) is 6.68. The number of urea groups is 1. The van der Waals surface area contributed by atoms with Crippen LogP contribution < -0.4 is 5.32 Å². The Morgan fingerprint density at radius 2 is 2.00 bits per heavy atom. The summed E-state index contributed by atoms with van der Waals surface area (Å²) in [5.41, 5.74) is 4.00. The number of hydrogen-bond acceptors (Lipinski definition) is 3. The zero-order chi connectivity index (χ0) is 16.4. The lowest BCUT2D eigenvalue weighted by molar-refractivity contribution is -0.125. The maximum Gasteiger partial charge on any atom is 0.324 e. The van der Waals surface area contributed by atoms with E-state index in [4.69, 9.17) is 0 Å². The van der Waals surface area contributed by atoms with Gasteiger partial charge in [-0.1, -0.05) is 18.2 Å². The molecule has 1 saturated carbocycles. The summed E-state index contributed by atoms with van der Waals surface area (Å²) in [4.78, 5) is 27.0. The Kier molecular flexibility index (Phi) is 4.66. The molecule has 0 radical (unpaired) electrons. The molecule has 0 atom stereocenters. The van der Waals surface area contributed by atoms with Gasteiger partial charge in [0.25, 0.3) is 0 Å². The third-order valence-corrected chi connectivity index (χ3v) is 4.78. The van der Waals surface area contributed by atoms with E-state index in [0.717, 1.165) is 19.5 Å². The number of aryl methyl sites for hydroxylation is 2. The summed E-state index contributed by atoms with van der Waals surface area (Å²) in [6.07, 6.45) is 3.35. The lowest BCUT2D eigenvalue weighted by Gasteiger charge is -2.23. The van der Waals surface area contributed by atoms with Gasteiger partial charge in [0, 0.05) is 25.7 Å². The summed E-state index contributed by atoms with van der Waals surface area (Å²) in [6.45, 7) is 6.82. The van der Waals surface area contributed by atoms with E-state index in [1.807, 2.05) is 0 Å². The molecule has 0 unspecified atom stereocenters. The van der Waals surface area contributed by atoms with Crippen molar-refractivity contribution in [3.05, 3.63) is 34.9 Å². The zero-order valence-electron chi connectivity index (χ0n) is 14.0. The number of benzene rings is 1. The predicted octanol–water partition coefficient (Wildman–Crippen LogP) is 2.21. The number of nitrogens with one attached hydrogen (secondary N) is 1. The number of amides is 3. The molecule has 3 rings (SSSR count). The van der Waals surface area contributed by atoms with Gasteiger partial charge in [0.05, 0.1) is 6.54 Å². The van der Waals surface area contributed by atoms with Crippen LogP contribution >= 0.6 is 0 Å². The standard InChI is InChI=1S/C18H25N3O2/c1-13-4-5-15(10-14(13)2)12-20(16-6-7-16)8-3-9-21-17(22)11-19-18(21)23/h4-5,10,16H,3,6-9,11-12H2,1-2H3,(H,19,23). The van der Waals surface area contributed by atoms with E-state index >= 15 is 0 Å². The number of rotatable bonds is 7. The van der Waals surface area contributed by atoms with Gasteiger partial charge < -0.3 is 5.32 Å². The largest absolute Gasteiger partial charge is 0.329 e. The van der Waals surface area contributed by atoms with Gasteiger partial charge in [-0.05, 0) is 49.8 Å². The summed E-state index contributed by atoms with van der Waals surface area (Å²) in [7, 11) is 0. The number of carbonyl (C=O) groups is 2. The normalized spacial score (nSPS) is 18.0. The Labute approximate surface area is 137 Å². The molecule has 124 valence electrons. The van der Waals surface area contributed by atoms with E-state index in [2.05, 4.69) is 42.3 Å². The van der Waals surface area contributed by atoms with E-state index in [0.29, 0.717) is 12.6 Å². The van der Waals surface area contributed by atoms with Crippen LogP contribution in [0, 0.1) is 13.8 Å². The molecule has 1 aliphatic heterocycles. The highest BCUT2D eigenvalue weighted by Gasteiger charge is 2.30. The van der Waals surface area contributed by atoms with Crippen molar-refractivity contribution in [2.24, 2.45) is 0 Å². The van der Waals surface area contributed by atoms with Gasteiger partial charge in [0.1, 0.15) is 0 Å². The molecule has 2 aliphatic rings. The molecule has 0 spiro atoms. The lowest BCUT2D eigenvalue weighted by Crippen LogP contribution is -2.35. The van der Waals surface area contributed by atoms with Gasteiger partial charge in [0.2, 0.25) is 5.91 Å². The molecule has 1 aliphatic carbocycles. The zero-order valence-corrected chi connectivity index (χ0v) is 14.0. The Morgan fingerprint density at radius 3 is 2.61 bits per heavy atom. The maximum atomic E-state index is 11.6. The monoisotopic (exact) mass is 315 g/mol. The van der Waals surface area contributed by atoms with Crippen LogP contribution in [-0.4, -0.2) is 47.4 Å². The second-order valence-electron chi connectivity index (χ2n) is 6.68. The molecule has 1 heterocycles. The smallest absolute Gasteiger partial charge is 0.324 e. The van der Waals surface area contributed by atoms with Crippen molar-refractivity contribution in [1.82, 2.24) is 15.1 Å². The molecule has 1 N–H and O–H groups in total. The molecule has 0 bridgehead atoms. The lowest BCUT2D eigenvalue weighted by atomic mass is 10.1. The van der Waals surface area contributed by atoms with E-state index in [-0.39, 0.29) is 18.5 Å². The minimum absolute atomic E-state index is 0.109. The topological polar surface area (TPSA) is 52.6 Å². The van der Waals surface area contributed by atoms with Crippen molar-refractivity contribution >= 4 is 11.9 Å². The molecule has 1 saturated heterocycles. The van der Waals surface area contributed by atoms with Gasteiger partial charge in [-0.2, -0.15) is 0 Å². The number of hydrogen-bond donors (Lipinski definition) is 1. The molecule has 23 heavy (non-hydrogen) atoms. The van der Waals surface area contributed by atoms with Crippen LogP contribution in [0.4, 0.5) is 4.79 Å². The molecule has 5 heteroatoms.